The van der Waals surface area contributed by atoms with Gasteiger partial charge in [-0.2, -0.15) is 0 Å². The molecular formula is C20H27N5O6. The van der Waals surface area contributed by atoms with E-state index >= 15 is 0 Å². The van der Waals surface area contributed by atoms with Crippen molar-refractivity contribution in [1.82, 2.24) is 20.4 Å². The van der Waals surface area contributed by atoms with E-state index in [2.05, 4.69) is 15.5 Å². The van der Waals surface area contributed by atoms with Gasteiger partial charge in [0, 0.05) is 37.3 Å². The van der Waals surface area contributed by atoms with Gasteiger partial charge in [-0.1, -0.05) is 12.1 Å². The van der Waals surface area contributed by atoms with Gasteiger partial charge in [-0.15, -0.1) is 0 Å². The largest absolute Gasteiger partial charge is 0.379 e. The van der Waals surface area contributed by atoms with Crippen molar-refractivity contribution < 1.29 is 24.0 Å². The average molecular weight is 433 g/mol. The molecule has 0 bridgehead atoms. The van der Waals surface area contributed by atoms with Crippen LogP contribution < -0.4 is 10.6 Å². The van der Waals surface area contributed by atoms with Crippen LogP contribution >= 0.6 is 0 Å². The molecule has 2 aliphatic heterocycles. The summed E-state index contributed by atoms with van der Waals surface area (Å²) >= 11 is 0. The van der Waals surface area contributed by atoms with Gasteiger partial charge in [-0.25, -0.2) is 4.79 Å². The van der Waals surface area contributed by atoms with Crippen molar-refractivity contribution in [1.29, 1.82) is 0 Å². The number of nitrogens with zero attached hydrogens (tertiary/aromatic N) is 3. The lowest BCUT2D eigenvalue weighted by Crippen LogP contribution is -2.56. The van der Waals surface area contributed by atoms with Gasteiger partial charge < -0.3 is 15.4 Å². The minimum absolute atomic E-state index is 0.192. The Labute approximate surface area is 179 Å². The molecule has 0 aromatic heterocycles. The van der Waals surface area contributed by atoms with Crippen LogP contribution in [0.2, 0.25) is 0 Å². The molecule has 31 heavy (non-hydrogen) atoms. The molecule has 4 amide bonds. The van der Waals surface area contributed by atoms with Crippen LogP contribution in [0.15, 0.2) is 24.3 Å². The molecule has 1 atom stereocenters. The number of carbonyl (C=O) groups excluding carboxylic acids is 3. The Bertz CT molecular complexity index is 898. The molecule has 11 nitrogen and oxygen atoms in total. The molecule has 0 spiro atoms. The van der Waals surface area contributed by atoms with Crippen LogP contribution in [0.3, 0.4) is 0 Å². The first-order valence-corrected chi connectivity index (χ1v) is 10.0. The topological polar surface area (TPSA) is 134 Å². The highest BCUT2D eigenvalue weighted by atomic mass is 16.6. The van der Waals surface area contributed by atoms with Gasteiger partial charge in [-0.3, -0.25) is 29.5 Å². The Balaban J connectivity index is 1.65. The zero-order valence-electron chi connectivity index (χ0n) is 17.8. The molecule has 11 heteroatoms. The van der Waals surface area contributed by atoms with Crippen molar-refractivity contribution in [2.75, 3.05) is 39.4 Å². The molecule has 0 radical (unpaired) electrons. The van der Waals surface area contributed by atoms with Gasteiger partial charge in [0.2, 0.25) is 5.91 Å². The SMILES string of the molecule is CC1(c2cccc([N+](=O)[O-])c2)NC(=O)N(CC(=O)NCC(C)(C)N2CCOCC2)C1=O. The molecule has 2 saturated heterocycles. The Kier molecular flexibility index (Phi) is 6.27. The summed E-state index contributed by atoms with van der Waals surface area (Å²) in [6.07, 6.45) is 0. The maximum Gasteiger partial charge on any atom is 0.325 e. The van der Waals surface area contributed by atoms with E-state index in [1.807, 2.05) is 13.8 Å². The van der Waals surface area contributed by atoms with Gasteiger partial charge in [0.1, 0.15) is 12.1 Å². The molecule has 1 aromatic rings. The zero-order chi connectivity index (χ0) is 22.8. The fraction of sp³-hybridized carbons (Fsp3) is 0.550. The van der Waals surface area contributed by atoms with E-state index in [0.717, 1.165) is 18.0 Å². The molecule has 0 aliphatic carbocycles. The third kappa shape index (κ3) is 4.67. The number of urea groups is 1. The molecular weight excluding hydrogens is 406 g/mol. The molecule has 1 unspecified atom stereocenters. The molecule has 2 aliphatic rings. The van der Waals surface area contributed by atoms with Crippen LogP contribution in [0.4, 0.5) is 10.5 Å². The number of rotatable bonds is 7. The second kappa shape index (κ2) is 8.60. The van der Waals surface area contributed by atoms with Gasteiger partial charge in [0.25, 0.3) is 11.6 Å². The Hall–Kier alpha value is -3.05. The maximum absolute atomic E-state index is 13.0. The minimum atomic E-state index is -1.49. The number of non-ortho nitro benzene ring substituents is 1. The number of hydrogen-bond donors (Lipinski definition) is 2. The van der Waals surface area contributed by atoms with E-state index in [1.54, 1.807) is 0 Å². The summed E-state index contributed by atoms with van der Waals surface area (Å²) in [5, 5.41) is 16.4. The minimum Gasteiger partial charge on any atom is -0.379 e. The van der Waals surface area contributed by atoms with E-state index < -0.39 is 34.9 Å². The molecule has 168 valence electrons. The first-order valence-electron chi connectivity index (χ1n) is 10.0. The summed E-state index contributed by atoms with van der Waals surface area (Å²) in [6.45, 7) is 8.18. The van der Waals surface area contributed by atoms with Crippen LogP contribution in [0.1, 0.15) is 26.3 Å². The first kappa shape index (κ1) is 22.6. The summed E-state index contributed by atoms with van der Waals surface area (Å²) < 4.78 is 5.35. The molecule has 2 fully saturated rings. The number of morpholine rings is 1. The number of benzene rings is 1. The third-order valence-corrected chi connectivity index (χ3v) is 5.80. The number of hydrogen-bond acceptors (Lipinski definition) is 7. The van der Waals surface area contributed by atoms with Crippen molar-refractivity contribution in [3.8, 4) is 0 Å². The van der Waals surface area contributed by atoms with Crippen molar-refractivity contribution in [3.05, 3.63) is 39.9 Å². The lowest BCUT2D eigenvalue weighted by molar-refractivity contribution is -0.385. The van der Waals surface area contributed by atoms with Gasteiger partial charge in [0.05, 0.1) is 18.1 Å². The summed E-state index contributed by atoms with van der Waals surface area (Å²) in [4.78, 5) is 51.4. The second-order valence-corrected chi connectivity index (χ2v) is 8.44. The summed E-state index contributed by atoms with van der Waals surface area (Å²) in [5.41, 5.74) is -1.72. The normalized spacial score (nSPS) is 22.4. The molecule has 3 rings (SSSR count). The maximum atomic E-state index is 13.0. The van der Waals surface area contributed by atoms with Crippen LogP contribution in [0, 0.1) is 10.1 Å². The Morgan fingerprint density at radius 2 is 2.00 bits per heavy atom. The Morgan fingerprint density at radius 1 is 1.32 bits per heavy atom. The van der Waals surface area contributed by atoms with Crippen molar-refractivity contribution in [2.45, 2.75) is 31.8 Å². The van der Waals surface area contributed by atoms with Crippen molar-refractivity contribution in [2.24, 2.45) is 0 Å². The summed E-state index contributed by atoms with van der Waals surface area (Å²) in [5.74, 6) is -1.10. The number of nitrogens with one attached hydrogen (secondary N) is 2. The van der Waals surface area contributed by atoms with E-state index in [1.165, 1.54) is 31.2 Å². The highest BCUT2D eigenvalue weighted by Gasteiger charge is 2.50. The van der Waals surface area contributed by atoms with Crippen molar-refractivity contribution >= 4 is 23.5 Å². The molecule has 2 heterocycles. The summed E-state index contributed by atoms with van der Waals surface area (Å²) in [6, 6.07) is 4.80. The van der Waals surface area contributed by atoms with Gasteiger partial charge in [-0.05, 0) is 26.3 Å². The molecule has 2 N–H and O–H groups in total. The first-order chi connectivity index (χ1) is 14.5. The van der Waals surface area contributed by atoms with Crippen molar-refractivity contribution in [3.63, 3.8) is 0 Å². The van der Waals surface area contributed by atoms with E-state index in [9.17, 15) is 24.5 Å². The number of amides is 4. The second-order valence-electron chi connectivity index (χ2n) is 8.44. The lowest BCUT2D eigenvalue weighted by Gasteiger charge is -2.40. The fourth-order valence-corrected chi connectivity index (χ4v) is 3.76. The fourth-order valence-electron chi connectivity index (χ4n) is 3.76. The van der Waals surface area contributed by atoms with E-state index in [4.69, 9.17) is 4.74 Å². The lowest BCUT2D eigenvalue weighted by atomic mass is 9.91. The predicted octanol–water partition coefficient (Wildman–Crippen LogP) is 0.589. The number of nitro benzene ring substituents is 1. The van der Waals surface area contributed by atoms with Crippen LogP contribution in [0.25, 0.3) is 0 Å². The summed E-state index contributed by atoms with van der Waals surface area (Å²) in [7, 11) is 0. The van der Waals surface area contributed by atoms with E-state index in [-0.39, 0.29) is 16.8 Å². The van der Waals surface area contributed by atoms with Crippen LogP contribution in [0.5, 0.6) is 0 Å². The highest BCUT2D eigenvalue weighted by molar-refractivity contribution is 6.09. The van der Waals surface area contributed by atoms with Gasteiger partial charge >= 0.3 is 6.03 Å². The Morgan fingerprint density at radius 3 is 2.65 bits per heavy atom. The molecule has 1 aromatic carbocycles. The number of nitro groups is 1. The monoisotopic (exact) mass is 433 g/mol. The quantitative estimate of drug-likeness (QED) is 0.365. The average Bonchev–Trinajstić information content (AvgIpc) is 2.97. The van der Waals surface area contributed by atoms with Crippen LogP contribution in [-0.2, 0) is 19.9 Å². The highest BCUT2D eigenvalue weighted by Crippen LogP contribution is 2.30. The number of carbonyl (C=O) groups is 3. The molecule has 0 saturated carbocycles. The number of imide groups is 1. The van der Waals surface area contributed by atoms with E-state index in [0.29, 0.717) is 19.8 Å². The van der Waals surface area contributed by atoms with Crippen LogP contribution in [-0.4, -0.2) is 77.5 Å². The standard InChI is InChI=1S/C20H27N5O6/c1-19(2,23-7-9-31-10-8-23)13-21-16(26)12-24-17(27)20(3,22-18(24)28)14-5-4-6-15(11-14)25(29)30/h4-6,11H,7-10,12-13H2,1-3H3,(H,21,26)(H,22,28). The predicted molar refractivity (Wildman–Crippen MR) is 110 cm³/mol. The number of ether oxygens (including phenoxy) is 1. The van der Waals surface area contributed by atoms with Gasteiger partial charge in [0.15, 0.2) is 0 Å². The smallest absolute Gasteiger partial charge is 0.325 e. The third-order valence-electron chi connectivity index (χ3n) is 5.80. The zero-order valence-corrected chi connectivity index (χ0v) is 17.8.